The quantitative estimate of drug-likeness (QED) is 0.626. The molecule has 0 aliphatic carbocycles. The normalized spacial score (nSPS) is 14.6. The predicted octanol–water partition coefficient (Wildman–Crippen LogP) is 3.49. The second-order valence-corrected chi connectivity index (χ2v) is 8.53. The first-order chi connectivity index (χ1) is 14.5. The van der Waals surface area contributed by atoms with Crippen LogP contribution >= 0.6 is 15.9 Å². The molecule has 6 nitrogen and oxygen atoms in total. The van der Waals surface area contributed by atoms with Crippen molar-refractivity contribution in [3.63, 3.8) is 0 Å². The van der Waals surface area contributed by atoms with Crippen LogP contribution in [0.3, 0.4) is 0 Å². The Bertz CT molecular complexity index is 895. The number of benzene rings is 1. The van der Waals surface area contributed by atoms with Gasteiger partial charge in [0, 0.05) is 42.8 Å². The lowest BCUT2D eigenvalue weighted by Gasteiger charge is -2.34. The molecule has 1 aromatic heterocycles. The van der Waals surface area contributed by atoms with Crippen LogP contribution < -0.4 is 5.32 Å². The molecule has 1 saturated heterocycles. The fourth-order valence-corrected chi connectivity index (χ4v) is 3.94. The van der Waals surface area contributed by atoms with E-state index in [1.54, 1.807) is 0 Å². The van der Waals surface area contributed by atoms with Crippen LogP contribution in [0.4, 0.5) is 0 Å². The highest BCUT2D eigenvalue weighted by atomic mass is 79.9. The van der Waals surface area contributed by atoms with E-state index in [-0.39, 0.29) is 11.8 Å². The average Bonchev–Trinajstić information content (AvgIpc) is 2.74. The summed E-state index contributed by atoms with van der Waals surface area (Å²) in [5, 5.41) is 2.95. The highest BCUT2D eigenvalue weighted by Crippen LogP contribution is 2.23. The summed E-state index contributed by atoms with van der Waals surface area (Å²) in [6.45, 7) is 7.76. The fourth-order valence-electron chi connectivity index (χ4n) is 3.54. The molecule has 1 aliphatic rings. The summed E-state index contributed by atoms with van der Waals surface area (Å²) in [5.41, 5.74) is 3.23. The standard InChI is InChI=1S/C23H29BrN4O2/c1-3-4-10-25-22(29)16-27-11-13-28(14-12-27)23(30)20-8-9-21(26-17(20)2)18-6-5-7-19(24)15-18/h5-9,15H,3-4,10-14,16H2,1-2H3,(H,25,29). The zero-order chi connectivity index (χ0) is 21.5. The third-order valence-corrected chi connectivity index (χ3v) is 5.81. The molecule has 1 N–H and O–H groups in total. The van der Waals surface area contributed by atoms with Crippen LogP contribution in [0.15, 0.2) is 40.9 Å². The number of aryl methyl sites for hydroxylation is 1. The second-order valence-electron chi connectivity index (χ2n) is 7.61. The van der Waals surface area contributed by atoms with E-state index < -0.39 is 0 Å². The minimum atomic E-state index is 0.00726. The maximum Gasteiger partial charge on any atom is 0.255 e. The number of amides is 2. The minimum Gasteiger partial charge on any atom is -0.355 e. The number of halogens is 1. The van der Waals surface area contributed by atoms with Gasteiger partial charge in [0.1, 0.15) is 0 Å². The Morgan fingerprint density at radius 1 is 1.13 bits per heavy atom. The first kappa shape index (κ1) is 22.4. The Kier molecular flexibility index (Phi) is 7.99. The highest BCUT2D eigenvalue weighted by Gasteiger charge is 2.24. The van der Waals surface area contributed by atoms with Gasteiger partial charge in [0.15, 0.2) is 0 Å². The van der Waals surface area contributed by atoms with Crippen LogP contribution in [-0.4, -0.2) is 65.9 Å². The van der Waals surface area contributed by atoms with Gasteiger partial charge in [0.25, 0.3) is 5.91 Å². The van der Waals surface area contributed by atoms with Crippen molar-refractivity contribution in [3.05, 3.63) is 52.1 Å². The van der Waals surface area contributed by atoms with Gasteiger partial charge in [0.05, 0.1) is 23.5 Å². The van der Waals surface area contributed by atoms with Crippen molar-refractivity contribution in [2.24, 2.45) is 0 Å². The minimum absolute atomic E-state index is 0.00726. The summed E-state index contributed by atoms with van der Waals surface area (Å²) < 4.78 is 0.997. The average molecular weight is 473 g/mol. The number of hydrogen-bond acceptors (Lipinski definition) is 4. The van der Waals surface area contributed by atoms with Crippen molar-refractivity contribution < 1.29 is 9.59 Å². The van der Waals surface area contributed by atoms with Gasteiger partial charge in [-0.15, -0.1) is 0 Å². The van der Waals surface area contributed by atoms with Crippen molar-refractivity contribution in [1.29, 1.82) is 0 Å². The largest absolute Gasteiger partial charge is 0.355 e. The van der Waals surface area contributed by atoms with Gasteiger partial charge < -0.3 is 10.2 Å². The molecular formula is C23H29BrN4O2. The van der Waals surface area contributed by atoms with Gasteiger partial charge >= 0.3 is 0 Å². The molecule has 1 aliphatic heterocycles. The molecule has 2 aromatic rings. The summed E-state index contributed by atoms with van der Waals surface area (Å²) in [6.07, 6.45) is 2.07. The number of rotatable bonds is 7. The monoisotopic (exact) mass is 472 g/mol. The van der Waals surface area contributed by atoms with Gasteiger partial charge in [-0.1, -0.05) is 41.4 Å². The Morgan fingerprint density at radius 2 is 1.90 bits per heavy atom. The number of carbonyl (C=O) groups excluding carboxylic acids is 2. The zero-order valence-electron chi connectivity index (χ0n) is 17.7. The molecule has 1 fully saturated rings. The summed E-state index contributed by atoms with van der Waals surface area (Å²) in [4.78, 5) is 33.6. The van der Waals surface area contributed by atoms with E-state index in [4.69, 9.17) is 0 Å². The Labute approximate surface area is 186 Å². The molecule has 2 amide bonds. The smallest absolute Gasteiger partial charge is 0.255 e. The lowest BCUT2D eigenvalue weighted by Crippen LogP contribution is -2.51. The van der Waals surface area contributed by atoms with Crippen LogP contribution in [-0.2, 0) is 4.79 Å². The topological polar surface area (TPSA) is 65.5 Å². The summed E-state index contributed by atoms with van der Waals surface area (Å²) in [5.74, 6) is 0.0687. The van der Waals surface area contributed by atoms with Gasteiger partial charge in [0.2, 0.25) is 5.91 Å². The molecule has 0 unspecified atom stereocenters. The van der Waals surface area contributed by atoms with Gasteiger partial charge in [-0.2, -0.15) is 0 Å². The maximum absolute atomic E-state index is 13.0. The lowest BCUT2D eigenvalue weighted by atomic mass is 10.1. The Hall–Kier alpha value is -2.25. The number of hydrogen-bond donors (Lipinski definition) is 1. The number of nitrogens with one attached hydrogen (secondary N) is 1. The van der Waals surface area contributed by atoms with Crippen molar-refractivity contribution in [3.8, 4) is 11.3 Å². The lowest BCUT2D eigenvalue weighted by molar-refractivity contribution is -0.122. The first-order valence-corrected chi connectivity index (χ1v) is 11.3. The fraction of sp³-hybridized carbons (Fsp3) is 0.435. The Balaban J connectivity index is 1.57. The van der Waals surface area contributed by atoms with E-state index >= 15 is 0 Å². The van der Waals surface area contributed by atoms with Crippen LogP contribution in [0.5, 0.6) is 0 Å². The summed E-state index contributed by atoms with van der Waals surface area (Å²) in [6, 6.07) is 11.7. The third-order valence-electron chi connectivity index (χ3n) is 5.32. The van der Waals surface area contributed by atoms with Crippen molar-refractivity contribution in [1.82, 2.24) is 20.1 Å². The van der Waals surface area contributed by atoms with Crippen molar-refractivity contribution >= 4 is 27.7 Å². The van der Waals surface area contributed by atoms with Crippen molar-refractivity contribution in [2.45, 2.75) is 26.7 Å². The van der Waals surface area contributed by atoms with E-state index in [1.165, 1.54) is 0 Å². The summed E-state index contributed by atoms with van der Waals surface area (Å²) in [7, 11) is 0. The van der Waals surface area contributed by atoms with Crippen LogP contribution in [0.2, 0.25) is 0 Å². The molecule has 30 heavy (non-hydrogen) atoms. The maximum atomic E-state index is 13.0. The van der Waals surface area contributed by atoms with E-state index in [0.717, 1.165) is 40.8 Å². The van der Waals surface area contributed by atoms with Gasteiger partial charge in [-0.25, -0.2) is 0 Å². The number of nitrogens with zero attached hydrogens (tertiary/aromatic N) is 3. The molecule has 1 aromatic carbocycles. The molecule has 0 bridgehead atoms. The van der Waals surface area contributed by atoms with Gasteiger partial charge in [-0.3, -0.25) is 19.5 Å². The van der Waals surface area contributed by atoms with Crippen LogP contribution in [0.1, 0.15) is 35.8 Å². The molecule has 0 atom stereocenters. The first-order valence-electron chi connectivity index (χ1n) is 10.5. The molecular weight excluding hydrogens is 444 g/mol. The van der Waals surface area contributed by atoms with E-state index in [1.807, 2.05) is 48.2 Å². The predicted molar refractivity (Wildman–Crippen MR) is 122 cm³/mol. The highest BCUT2D eigenvalue weighted by molar-refractivity contribution is 9.10. The molecule has 0 saturated carbocycles. The van der Waals surface area contributed by atoms with Crippen molar-refractivity contribution in [2.75, 3.05) is 39.3 Å². The Morgan fingerprint density at radius 3 is 2.57 bits per heavy atom. The molecule has 0 spiro atoms. The summed E-state index contributed by atoms with van der Waals surface area (Å²) >= 11 is 3.49. The number of carbonyl (C=O) groups is 2. The number of pyridine rings is 1. The van der Waals surface area contributed by atoms with Crippen LogP contribution in [0.25, 0.3) is 11.3 Å². The molecule has 3 rings (SSSR count). The number of aromatic nitrogens is 1. The SMILES string of the molecule is CCCCNC(=O)CN1CCN(C(=O)c2ccc(-c3cccc(Br)c3)nc2C)CC1. The molecule has 0 radical (unpaired) electrons. The number of piperazine rings is 1. The van der Waals surface area contributed by atoms with E-state index in [9.17, 15) is 9.59 Å². The van der Waals surface area contributed by atoms with E-state index in [2.05, 4.69) is 38.1 Å². The number of unbranched alkanes of at least 4 members (excludes halogenated alkanes) is 1. The molecule has 160 valence electrons. The van der Waals surface area contributed by atoms with E-state index in [0.29, 0.717) is 38.3 Å². The second kappa shape index (κ2) is 10.7. The van der Waals surface area contributed by atoms with Gasteiger partial charge in [-0.05, 0) is 37.6 Å². The zero-order valence-corrected chi connectivity index (χ0v) is 19.2. The van der Waals surface area contributed by atoms with Crippen LogP contribution in [0, 0.1) is 6.92 Å². The third kappa shape index (κ3) is 5.89. The molecule has 2 heterocycles. The molecule has 7 heteroatoms.